The first-order valence-corrected chi connectivity index (χ1v) is 9.17. The monoisotopic (exact) mass is 364 g/mol. The van der Waals surface area contributed by atoms with Crippen LogP contribution in [0.5, 0.6) is 11.5 Å². The maximum atomic E-state index is 12.5. The van der Waals surface area contributed by atoms with Gasteiger partial charge in [0.25, 0.3) is 5.91 Å². The quantitative estimate of drug-likeness (QED) is 0.788. The number of methoxy groups -OCH3 is 2. The number of anilines is 2. The van der Waals surface area contributed by atoms with Gasteiger partial charge in [0, 0.05) is 17.3 Å². The van der Waals surface area contributed by atoms with E-state index in [4.69, 9.17) is 9.47 Å². The molecule has 0 spiro atoms. The van der Waals surface area contributed by atoms with E-state index in [9.17, 15) is 13.2 Å². The minimum atomic E-state index is -3.41. The Bertz CT molecular complexity index is 865. The third-order valence-corrected chi connectivity index (χ3v) is 4.74. The molecule has 0 aromatic heterocycles. The van der Waals surface area contributed by atoms with Crippen molar-refractivity contribution in [2.24, 2.45) is 0 Å². The molecule has 2 N–H and O–H groups in total. The van der Waals surface area contributed by atoms with Crippen molar-refractivity contribution in [3.63, 3.8) is 0 Å². The number of carbonyl (C=O) groups excluding carboxylic acids is 1. The molecule has 0 saturated carbocycles. The Hall–Kier alpha value is -2.74. The molecule has 2 rings (SSSR count). The van der Waals surface area contributed by atoms with E-state index in [1.54, 1.807) is 36.4 Å². The van der Waals surface area contributed by atoms with Crippen molar-refractivity contribution >= 4 is 27.3 Å². The molecule has 0 aliphatic rings. The minimum Gasteiger partial charge on any atom is -0.497 e. The van der Waals surface area contributed by atoms with Crippen molar-refractivity contribution in [3.05, 3.63) is 48.0 Å². The van der Waals surface area contributed by atoms with E-state index in [1.807, 2.05) is 0 Å². The SMILES string of the molecule is CCS(=O)(=O)Nc1cccc(C(=O)Nc2cc(OC)ccc2OC)c1. The average Bonchev–Trinajstić information content (AvgIpc) is 2.61. The number of rotatable bonds is 7. The molecule has 0 radical (unpaired) electrons. The lowest BCUT2D eigenvalue weighted by Gasteiger charge is -2.12. The van der Waals surface area contributed by atoms with Crippen molar-refractivity contribution in [2.45, 2.75) is 6.92 Å². The fourth-order valence-corrected chi connectivity index (χ4v) is 2.71. The zero-order valence-corrected chi connectivity index (χ0v) is 15.0. The number of hydrogen-bond acceptors (Lipinski definition) is 5. The Morgan fingerprint density at radius 2 is 1.84 bits per heavy atom. The molecular formula is C17H20N2O5S. The number of nitrogens with one attached hydrogen (secondary N) is 2. The lowest BCUT2D eigenvalue weighted by atomic mass is 10.2. The highest BCUT2D eigenvalue weighted by molar-refractivity contribution is 7.92. The molecule has 2 aromatic carbocycles. The molecule has 8 heteroatoms. The van der Waals surface area contributed by atoms with Gasteiger partial charge in [-0.2, -0.15) is 0 Å². The van der Waals surface area contributed by atoms with Gasteiger partial charge in [0.1, 0.15) is 11.5 Å². The van der Waals surface area contributed by atoms with E-state index in [1.165, 1.54) is 27.2 Å². The third-order valence-electron chi connectivity index (χ3n) is 3.43. The van der Waals surface area contributed by atoms with Crippen LogP contribution in [0, 0.1) is 0 Å². The predicted molar refractivity (Wildman–Crippen MR) is 97.0 cm³/mol. The van der Waals surface area contributed by atoms with Crippen molar-refractivity contribution < 1.29 is 22.7 Å². The summed E-state index contributed by atoms with van der Waals surface area (Å²) in [7, 11) is -0.390. The molecule has 0 atom stereocenters. The Labute approximate surface area is 147 Å². The molecule has 7 nitrogen and oxygen atoms in total. The highest BCUT2D eigenvalue weighted by Crippen LogP contribution is 2.29. The number of ether oxygens (including phenoxy) is 2. The van der Waals surface area contributed by atoms with E-state index in [2.05, 4.69) is 10.0 Å². The standard InChI is InChI=1S/C17H20N2O5S/c1-4-25(21,22)19-13-7-5-6-12(10-13)17(20)18-15-11-14(23-2)8-9-16(15)24-3/h5-11,19H,4H2,1-3H3,(H,18,20). The summed E-state index contributed by atoms with van der Waals surface area (Å²) < 4.78 is 36.1. The van der Waals surface area contributed by atoms with Gasteiger partial charge in [-0.05, 0) is 37.3 Å². The first kappa shape index (κ1) is 18.6. The summed E-state index contributed by atoms with van der Waals surface area (Å²) in [5, 5.41) is 2.74. The number of carbonyl (C=O) groups is 1. The molecule has 0 aliphatic heterocycles. The van der Waals surface area contributed by atoms with Gasteiger partial charge in [-0.15, -0.1) is 0 Å². The Kier molecular flexibility index (Phi) is 5.87. The van der Waals surface area contributed by atoms with Crippen LogP contribution in [0.1, 0.15) is 17.3 Å². The van der Waals surface area contributed by atoms with Gasteiger partial charge < -0.3 is 14.8 Å². The summed E-state index contributed by atoms with van der Waals surface area (Å²) in [6, 6.07) is 11.3. The van der Waals surface area contributed by atoms with E-state index in [0.717, 1.165) is 0 Å². The Morgan fingerprint density at radius 1 is 1.08 bits per heavy atom. The average molecular weight is 364 g/mol. The zero-order chi connectivity index (χ0) is 18.4. The van der Waals surface area contributed by atoms with Gasteiger partial charge in [-0.3, -0.25) is 9.52 Å². The lowest BCUT2D eigenvalue weighted by Crippen LogP contribution is -2.16. The molecule has 25 heavy (non-hydrogen) atoms. The second kappa shape index (κ2) is 7.89. The van der Waals surface area contributed by atoms with Crippen molar-refractivity contribution in [1.29, 1.82) is 0 Å². The number of sulfonamides is 1. The summed E-state index contributed by atoms with van der Waals surface area (Å²) in [4.78, 5) is 12.5. The maximum absolute atomic E-state index is 12.5. The molecule has 0 unspecified atom stereocenters. The third kappa shape index (κ3) is 4.87. The summed E-state index contributed by atoms with van der Waals surface area (Å²) in [5.41, 5.74) is 1.08. The molecular weight excluding hydrogens is 344 g/mol. The van der Waals surface area contributed by atoms with Gasteiger partial charge >= 0.3 is 0 Å². The second-order valence-corrected chi connectivity index (χ2v) is 7.12. The number of hydrogen-bond donors (Lipinski definition) is 2. The van der Waals surface area contributed by atoms with Crippen molar-refractivity contribution in [2.75, 3.05) is 30.0 Å². The largest absolute Gasteiger partial charge is 0.497 e. The maximum Gasteiger partial charge on any atom is 0.255 e. The topological polar surface area (TPSA) is 93.7 Å². The van der Waals surface area contributed by atoms with Crippen LogP contribution >= 0.6 is 0 Å². The molecule has 134 valence electrons. The Balaban J connectivity index is 2.24. The molecule has 2 aromatic rings. The van der Waals surface area contributed by atoms with E-state index >= 15 is 0 Å². The van der Waals surface area contributed by atoms with E-state index in [0.29, 0.717) is 28.4 Å². The number of benzene rings is 2. The Morgan fingerprint density at radius 3 is 2.48 bits per heavy atom. The van der Waals surface area contributed by atoms with Crippen LogP contribution in [0.3, 0.4) is 0 Å². The summed E-state index contributed by atoms with van der Waals surface area (Å²) >= 11 is 0. The van der Waals surface area contributed by atoms with Crippen LogP contribution in [0.4, 0.5) is 11.4 Å². The summed E-state index contributed by atoms with van der Waals surface area (Å²) in [6.45, 7) is 1.54. The van der Waals surface area contributed by atoms with Crippen LogP contribution in [0.15, 0.2) is 42.5 Å². The van der Waals surface area contributed by atoms with Gasteiger partial charge in [0.05, 0.1) is 25.7 Å². The molecule has 0 heterocycles. The lowest BCUT2D eigenvalue weighted by molar-refractivity contribution is 0.102. The first-order chi connectivity index (χ1) is 11.9. The highest BCUT2D eigenvalue weighted by atomic mass is 32.2. The fraction of sp³-hybridized carbons (Fsp3) is 0.235. The predicted octanol–water partition coefficient (Wildman–Crippen LogP) is 2.72. The van der Waals surface area contributed by atoms with Crippen molar-refractivity contribution in [1.82, 2.24) is 0 Å². The van der Waals surface area contributed by atoms with Crippen LogP contribution in [-0.4, -0.2) is 34.3 Å². The minimum absolute atomic E-state index is 0.0512. The fourth-order valence-electron chi connectivity index (χ4n) is 2.08. The second-order valence-electron chi connectivity index (χ2n) is 5.11. The molecule has 0 saturated heterocycles. The van der Waals surface area contributed by atoms with Crippen LogP contribution in [0.2, 0.25) is 0 Å². The van der Waals surface area contributed by atoms with Crippen molar-refractivity contribution in [3.8, 4) is 11.5 Å². The molecule has 0 aliphatic carbocycles. The molecule has 0 bridgehead atoms. The first-order valence-electron chi connectivity index (χ1n) is 7.52. The smallest absolute Gasteiger partial charge is 0.255 e. The summed E-state index contributed by atoms with van der Waals surface area (Å²) in [5.74, 6) is 0.603. The van der Waals surface area contributed by atoms with Gasteiger partial charge in [0.15, 0.2) is 0 Å². The van der Waals surface area contributed by atoms with E-state index in [-0.39, 0.29) is 5.75 Å². The van der Waals surface area contributed by atoms with Crippen LogP contribution in [-0.2, 0) is 10.0 Å². The summed E-state index contributed by atoms with van der Waals surface area (Å²) in [6.07, 6.45) is 0. The molecule has 0 fully saturated rings. The van der Waals surface area contributed by atoms with Gasteiger partial charge in [0.2, 0.25) is 10.0 Å². The normalized spacial score (nSPS) is 10.8. The van der Waals surface area contributed by atoms with Crippen LogP contribution in [0.25, 0.3) is 0 Å². The van der Waals surface area contributed by atoms with E-state index < -0.39 is 15.9 Å². The van der Waals surface area contributed by atoms with Gasteiger partial charge in [-0.25, -0.2) is 8.42 Å². The molecule has 1 amide bonds. The highest BCUT2D eigenvalue weighted by Gasteiger charge is 2.13. The zero-order valence-electron chi connectivity index (χ0n) is 14.2. The van der Waals surface area contributed by atoms with Crippen LogP contribution < -0.4 is 19.5 Å². The number of amides is 1. The van der Waals surface area contributed by atoms with Gasteiger partial charge in [-0.1, -0.05) is 6.07 Å².